The van der Waals surface area contributed by atoms with Crippen LogP contribution in [0.4, 0.5) is 17.7 Å². The van der Waals surface area contributed by atoms with E-state index < -0.39 is 24.5 Å². The Kier molecular flexibility index (Phi) is 3.99. The number of carbonyl (C=O) groups is 1. The summed E-state index contributed by atoms with van der Waals surface area (Å²) in [5, 5.41) is 0. The van der Waals surface area contributed by atoms with Crippen LogP contribution in [-0.2, 0) is 4.74 Å². The lowest BCUT2D eigenvalue weighted by molar-refractivity contribution is 0.0209. The van der Waals surface area contributed by atoms with Crippen molar-refractivity contribution in [2.75, 3.05) is 13.1 Å². The molecule has 7 heteroatoms. The minimum Gasteiger partial charge on any atom is -0.449 e. The molecule has 0 spiro atoms. The Hall–Kier alpha value is -0.875. The molecule has 0 N–H and O–H groups in total. The van der Waals surface area contributed by atoms with Crippen molar-refractivity contribution in [2.45, 2.75) is 45.0 Å². The Balaban J connectivity index is 2.45. The molecule has 0 aliphatic carbocycles. The van der Waals surface area contributed by atoms with Crippen LogP contribution in [-0.4, -0.2) is 36.7 Å². The molecule has 0 radical (unpaired) electrons. The molecule has 17 heavy (non-hydrogen) atoms. The first-order chi connectivity index (χ1) is 7.59. The van der Waals surface area contributed by atoms with Crippen molar-refractivity contribution in [2.24, 2.45) is 0 Å². The SMILES string of the molecule is CC(C)(C)OC(=O)N1CCC([B-](F)(F)F)CC1. The molecule has 1 aliphatic heterocycles. The van der Waals surface area contributed by atoms with Crippen LogP contribution in [0.2, 0.25) is 5.82 Å². The van der Waals surface area contributed by atoms with Crippen molar-refractivity contribution >= 4 is 13.1 Å². The second-order valence-electron chi connectivity index (χ2n) is 5.43. The third-order valence-corrected chi connectivity index (χ3v) is 2.73. The summed E-state index contributed by atoms with van der Waals surface area (Å²) >= 11 is 0. The number of ether oxygens (including phenoxy) is 1. The van der Waals surface area contributed by atoms with E-state index in [0.717, 1.165) is 0 Å². The van der Waals surface area contributed by atoms with E-state index >= 15 is 0 Å². The lowest BCUT2D eigenvalue weighted by atomic mass is 9.67. The number of likely N-dealkylation sites (tertiary alicyclic amines) is 1. The van der Waals surface area contributed by atoms with Gasteiger partial charge in [0.15, 0.2) is 0 Å². The molecular weight excluding hydrogens is 234 g/mol. The first-order valence-corrected chi connectivity index (χ1v) is 5.77. The molecule has 0 aromatic carbocycles. The van der Waals surface area contributed by atoms with Crippen LogP contribution in [0.25, 0.3) is 0 Å². The lowest BCUT2D eigenvalue weighted by Crippen LogP contribution is -2.43. The fourth-order valence-electron chi connectivity index (χ4n) is 1.79. The molecule has 1 aliphatic rings. The van der Waals surface area contributed by atoms with Crippen LogP contribution in [0.15, 0.2) is 0 Å². The third-order valence-electron chi connectivity index (χ3n) is 2.73. The predicted octanol–water partition coefficient (Wildman–Crippen LogP) is 3.23. The van der Waals surface area contributed by atoms with E-state index in [1.807, 2.05) is 0 Å². The Morgan fingerprint density at radius 3 is 2.06 bits per heavy atom. The summed E-state index contributed by atoms with van der Waals surface area (Å²) in [4.78, 5) is 12.9. The molecule has 0 aromatic rings. The van der Waals surface area contributed by atoms with Gasteiger partial charge < -0.3 is 22.6 Å². The fourth-order valence-corrected chi connectivity index (χ4v) is 1.79. The summed E-state index contributed by atoms with van der Waals surface area (Å²) in [6, 6.07) is 0. The van der Waals surface area contributed by atoms with Crippen LogP contribution in [0.5, 0.6) is 0 Å². The van der Waals surface area contributed by atoms with Gasteiger partial charge >= 0.3 is 13.1 Å². The number of carbonyl (C=O) groups excluding carboxylic acids is 1. The van der Waals surface area contributed by atoms with Crippen LogP contribution >= 0.6 is 0 Å². The Morgan fingerprint density at radius 2 is 1.71 bits per heavy atom. The topological polar surface area (TPSA) is 29.5 Å². The van der Waals surface area contributed by atoms with Gasteiger partial charge in [0.25, 0.3) is 0 Å². The maximum atomic E-state index is 12.5. The van der Waals surface area contributed by atoms with E-state index in [4.69, 9.17) is 4.74 Å². The Labute approximate surface area is 99.4 Å². The molecule has 0 unspecified atom stereocenters. The highest BCUT2D eigenvalue weighted by Crippen LogP contribution is 2.35. The second kappa shape index (κ2) is 4.78. The molecule has 0 atom stereocenters. The van der Waals surface area contributed by atoms with Crippen molar-refractivity contribution in [1.82, 2.24) is 4.90 Å². The highest BCUT2D eigenvalue weighted by atomic mass is 19.4. The quantitative estimate of drug-likeness (QED) is 0.670. The van der Waals surface area contributed by atoms with Gasteiger partial charge in [0.2, 0.25) is 0 Å². The molecule has 0 bridgehead atoms. The van der Waals surface area contributed by atoms with Crippen LogP contribution in [0.3, 0.4) is 0 Å². The maximum Gasteiger partial charge on any atom is 0.481 e. The summed E-state index contributed by atoms with van der Waals surface area (Å²) in [6.07, 6.45) is -0.545. The standard InChI is InChI=1S/C10H18BF3NO2/c1-10(2,3)17-9(16)15-6-4-8(5-7-15)11(12,13)14/h8H,4-7H2,1-3H3/q-1. The zero-order chi connectivity index (χ0) is 13.3. The van der Waals surface area contributed by atoms with Gasteiger partial charge in [-0.1, -0.05) is 18.7 Å². The fraction of sp³-hybridized carbons (Fsp3) is 0.900. The number of halogens is 3. The number of piperidine rings is 1. The molecule has 1 rings (SSSR count). The minimum atomic E-state index is -4.78. The zero-order valence-corrected chi connectivity index (χ0v) is 10.4. The highest BCUT2D eigenvalue weighted by molar-refractivity contribution is 6.60. The average Bonchev–Trinajstić information content (AvgIpc) is 2.14. The van der Waals surface area contributed by atoms with Crippen molar-refractivity contribution in [3.05, 3.63) is 0 Å². The van der Waals surface area contributed by atoms with Crippen LogP contribution in [0.1, 0.15) is 33.6 Å². The van der Waals surface area contributed by atoms with Gasteiger partial charge in [0.05, 0.1) is 0 Å². The molecule has 100 valence electrons. The third kappa shape index (κ3) is 4.48. The molecule has 0 aromatic heterocycles. The van der Waals surface area contributed by atoms with Gasteiger partial charge in [-0.3, -0.25) is 0 Å². The minimum absolute atomic E-state index is 0.0112. The predicted molar refractivity (Wildman–Crippen MR) is 59.9 cm³/mol. The van der Waals surface area contributed by atoms with Crippen LogP contribution < -0.4 is 0 Å². The number of rotatable bonds is 1. The van der Waals surface area contributed by atoms with Gasteiger partial charge in [-0.25, -0.2) is 4.79 Å². The number of nitrogens with zero attached hydrogens (tertiary/aromatic N) is 1. The van der Waals surface area contributed by atoms with Gasteiger partial charge in [-0.15, -0.1) is 0 Å². The smallest absolute Gasteiger partial charge is 0.449 e. The molecule has 1 amide bonds. The first-order valence-electron chi connectivity index (χ1n) is 5.77. The maximum absolute atomic E-state index is 12.5. The van der Waals surface area contributed by atoms with Crippen LogP contribution in [0, 0.1) is 0 Å². The normalized spacial score (nSPS) is 19.3. The van der Waals surface area contributed by atoms with Gasteiger partial charge in [-0.2, -0.15) is 0 Å². The monoisotopic (exact) mass is 252 g/mol. The number of amides is 1. The number of hydrogen-bond donors (Lipinski definition) is 0. The van der Waals surface area contributed by atoms with Crippen molar-refractivity contribution in [1.29, 1.82) is 0 Å². The molecular formula is C10H18BF3NO2-. The Morgan fingerprint density at radius 1 is 1.24 bits per heavy atom. The molecule has 1 heterocycles. The Bertz CT molecular complexity index is 280. The van der Waals surface area contributed by atoms with Crippen molar-refractivity contribution < 1.29 is 22.5 Å². The van der Waals surface area contributed by atoms with E-state index in [0.29, 0.717) is 0 Å². The molecule has 3 nitrogen and oxygen atoms in total. The number of hydrogen-bond acceptors (Lipinski definition) is 2. The highest BCUT2D eigenvalue weighted by Gasteiger charge is 2.38. The molecule has 0 saturated carbocycles. The summed E-state index contributed by atoms with van der Waals surface area (Å²) in [5.41, 5.74) is -0.609. The summed E-state index contributed by atoms with van der Waals surface area (Å²) in [5.74, 6) is -1.23. The zero-order valence-electron chi connectivity index (χ0n) is 10.4. The lowest BCUT2D eigenvalue weighted by Gasteiger charge is -2.37. The second-order valence-corrected chi connectivity index (χ2v) is 5.43. The summed E-state index contributed by atoms with van der Waals surface area (Å²) < 4.78 is 42.5. The average molecular weight is 252 g/mol. The largest absolute Gasteiger partial charge is 0.481 e. The first kappa shape index (κ1) is 14.2. The van der Waals surface area contributed by atoms with Crippen molar-refractivity contribution in [3.63, 3.8) is 0 Å². The molecule has 1 fully saturated rings. The summed E-state index contributed by atoms with van der Waals surface area (Å²) in [7, 11) is 0. The van der Waals surface area contributed by atoms with E-state index in [-0.39, 0.29) is 25.9 Å². The van der Waals surface area contributed by atoms with E-state index in [1.165, 1.54) is 4.90 Å². The van der Waals surface area contributed by atoms with E-state index in [9.17, 15) is 17.7 Å². The molecule has 1 saturated heterocycles. The van der Waals surface area contributed by atoms with E-state index in [2.05, 4.69) is 0 Å². The van der Waals surface area contributed by atoms with E-state index in [1.54, 1.807) is 20.8 Å². The van der Waals surface area contributed by atoms with Gasteiger partial charge in [-0.05, 0) is 20.8 Å². The van der Waals surface area contributed by atoms with Gasteiger partial charge in [0, 0.05) is 13.1 Å². The summed E-state index contributed by atoms with van der Waals surface area (Å²) in [6.45, 7) is 0.670. The van der Waals surface area contributed by atoms with Gasteiger partial charge in [0.1, 0.15) is 5.60 Å². The van der Waals surface area contributed by atoms with Crippen molar-refractivity contribution in [3.8, 4) is 0 Å².